The summed E-state index contributed by atoms with van der Waals surface area (Å²) in [6.07, 6.45) is 3.24. The number of nitrogens with zero attached hydrogens (tertiary/aromatic N) is 1. The molecule has 162 valence electrons. The van der Waals surface area contributed by atoms with E-state index < -0.39 is 16.1 Å². The molecule has 1 heterocycles. The fourth-order valence-electron chi connectivity index (χ4n) is 3.51. The Kier molecular flexibility index (Phi) is 7.80. The molecule has 2 unspecified atom stereocenters. The molecule has 30 heavy (non-hydrogen) atoms. The van der Waals surface area contributed by atoms with E-state index in [9.17, 15) is 13.2 Å². The van der Waals surface area contributed by atoms with Gasteiger partial charge in [0.2, 0.25) is 15.9 Å². The van der Waals surface area contributed by atoms with Crippen molar-refractivity contribution in [3.63, 3.8) is 0 Å². The summed E-state index contributed by atoms with van der Waals surface area (Å²) in [7, 11) is -3.77. The molecule has 8 heteroatoms. The Labute approximate surface area is 183 Å². The lowest BCUT2D eigenvalue weighted by atomic mass is 10.2. The number of likely N-dealkylation sites (tertiary alicyclic amines) is 1. The number of benzene rings is 2. The van der Waals surface area contributed by atoms with Gasteiger partial charge in [-0.2, -0.15) is 16.5 Å². The number of hydrogen-bond acceptors (Lipinski definition) is 5. The summed E-state index contributed by atoms with van der Waals surface area (Å²) in [5, 5.41) is 3.45. The highest BCUT2D eigenvalue weighted by Gasteiger charge is 2.33. The van der Waals surface area contributed by atoms with Crippen LogP contribution < -0.4 is 10.0 Å². The van der Waals surface area contributed by atoms with Gasteiger partial charge >= 0.3 is 0 Å². The normalized spacial score (nSPS) is 17.7. The van der Waals surface area contributed by atoms with E-state index in [1.165, 1.54) is 0 Å². The van der Waals surface area contributed by atoms with Gasteiger partial charge in [0.1, 0.15) is 6.04 Å². The van der Waals surface area contributed by atoms with Gasteiger partial charge in [-0.25, -0.2) is 8.42 Å². The number of carbonyl (C=O) groups excluding carboxylic acids is 1. The van der Waals surface area contributed by atoms with Gasteiger partial charge in [-0.05, 0) is 56.0 Å². The molecule has 0 bridgehead atoms. The summed E-state index contributed by atoms with van der Waals surface area (Å²) < 4.78 is 28.3. The second-order valence-corrected chi connectivity index (χ2v) is 10.2. The molecule has 2 aromatic rings. The van der Waals surface area contributed by atoms with Crippen molar-refractivity contribution in [2.24, 2.45) is 0 Å². The highest BCUT2D eigenvalue weighted by Crippen LogP contribution is 2.19. The molecule has 0 aromatic heterocycles. The van der Waals surface area contributed by atoms with Crippen LogP contribution in [-0.4, -0.2) is 56.4 Å². The summed E-state index contributed by atoms with van der Waals surface area (Å²) in [6.45, 7) is 3.09. The first kappa shape index (κ1) is 22.7. The van der Waals surface area contributed by atoms with Gasteiger partial charge < -0.3 is 10.2 Å². The van der Waals surface area contributed by atoms with E-state index in [0.29, 0.717) is 25.3 Å². The molecule has 3 rings (SSSR count). The summed E-state index contributed by atoms with van der Waals surface area (Å²) in [6, 6.07) is 16.0. The zero-order chi connectivity index (χ0) is 21.6. The lowest BCUT2D eigenvalue weighted by Gasteiger charge is -2.24. The van der Waals surface area contributed by atoms with Crippen LogP contribution in [0.2, 0.25) is 0 Å². The Bertz CT molecular complexity index is 934. The average Bonchev–Trinajstić information content (AvgIpc) is 3.20. The van der Waals surface area contributed by atoms with Gasteiger partial charge in [0.05, 0.1) is 4.90 Å². The van der Waals surface area contributed by atoms with E-state index in [1.54, 1.807) is 40.9 Å². The molecule has 1 aliphatic heterocycles. The SMILES string of the molecule is CSCCC(NS(=O)(=O)c1ccc(C)cc1)C(=O)N1CCC(Nc2ccccc2)C1. The van der Waals surface area contributed by atoms with Crippen molar-refractivity contribution >= 4 is 33.4 Å². The second kappa shape index (κ2) is 10.3. The Balaban J connectivity index is 1.67. The molecule has 2 aromatic carbocycles. The number of carbonyl (C=O) groups is 1. The maximum absolute atomic E-state index is 13.2. The van der Waals surface area contributed by atoms with Gasteiger partial charge in [0, 0.05) is 24.8 Å². The van der Waals surface area contributed by atoms with Gasteiger partial charge in [0.15, 0.2) is 0 Å². The lowest BCUT2D eigenvalue weighted by Crippen LogP contribution is -2.48. The van der Waals surface area contributed by atoms with Crippen LogP contribution in [0.4, 0.5) is 5.69 Å². The van der Waals surface area contributed by atoms with E-state index in [2.05, 4.69) is 10.0 Å². The summed E-state index contributed by atoms with van der Waals surface area (Å²) in [5.74, 6) is 0.545. The molecule has 2 atom stereocenters. The Morgan fingerprint density at radius 2 is 1.87 bits per heavy atom. The number of rotatable bonds is 9. The first-order chi connectivity index (χ1) is 14.4. The molecule has 0 aliphatic carbocycles. The zero-order valence-corrected chi connectivity index (χ0v) is 19.0. The molecule has 0 spiro atoms. The number of nitrogens with one attached hydrogen (secondary N) is 2. The van der Waals surface area contributed by atoms with Gasteiger partial charge in [-0.15, -0.1) is 0 Å². The van der Waals surface area contributed by atoms with E-state index in [0.717, 1.165) is 17.7 Å². The van der Waals surface area contributed by atoms with E-state index in [1.807, 2.05) is 43.5 Å². The monoisotopic (exact) mass is 447 g/mol. The minimum atomic E-state index is -3.77. The summed E-state index contributed by atoms with van der Waals surface area (Å²) in [5.41, 5.74) is 2.01. The van der Waals surface area contributed by atoms with Crippen molar-refractivity contribution in [2.75, 3.05) is 30.4 Å². The van der Waals surface area contributed by atoms with Gasteiger partial charge in [0.25, 0.3) is 0 Å². The van der Waals surface area contributed by atoms with Crippen molar-refractivity contribution in [1.82, 2.24) is 9.62 Å². The van der Waals surface area contributed by atoms with Crippen LogP contribution in [0.15, 0.2) is 59.5 Å². The van der Waals surface area contributed by atoms with Crippen molar-refractivity contribution in [3.05, 3.63) is 60.2 Å². The maximum Gasteiger partial charge on any atom is 0.241 e. The number of aryl methyl sites for hydroxylation is 1. The van der Waals surface area contributed by atoms with Crippen LogP contribution in [-0.2, 0) is 14.8 Å². The minimum Gasteiger partial charge on any atom is -0.380 e. The van der Waals surface area contributed by atoms with Crippen molar-refractivity contribution in [3.8, 4) is 0 Å². The van der Waals surface area contributed by atoms with E-state index in [4.69, 9.17) is 0 Å². The molecule has 1 aliphatic rings. The minimum absolute atomic E-state index is 0.155. The quantitative estimate of drug-likeness (QED) is 0.618. The van der Waals surface area contributed by atoms with E-state index >= 15 is 0 Å². The van der Waals surface area contributed by atoms with Crippen LogP contribution in [0.5, 0.6) is 0 Å². The van der Waals surface area contributed by atoms with Crippen LogP contribution >= 0.6 is 11.8 Å². The van der Waals surface area contributed by atoms with Crippen molar-refractivity contribution in [1.29, 1.82) is 0 Å². The predicted octanol–water partition coefficient (Wildman–Crippen LogP) is 3.11. The first-order valence-corrected chi connectivity index (χ1v) is 12.9. The number of anilines is 1. The second-order valence-electron chi connectivity index (χ2n) is 7.55. The number of hydrogen-bond donors (Lipinski definition) is 2. The lowest BCUT2D eigenvalue weighted by molar-refractivity contribution is -0.132. The molecular weight excluding hydrogens is 418 g/mol. The highest BCUT2D eigenvalue weighted by atomic mass is 32.2. The molecule has 0 radical (unpaired) electrons. The topological polar surface area (TPSA) is 78.5 Å². The first-order valence-electron chi connectivity index (χ1n) is 10.1. The number of thioether (sulfide) groups is 1. The third kappa shape index (κ3) is 6.00. The van der Waals surface area contributed by atoms with Crippen LogP contribution in [0, 0.1) is 6.92 Å². The van der Waals surface area contributed by atoms with E-state index in [-0.39, 0.29) is 16.8 Å². The third-order valence-corrected chi connectivity index (χ3v) is 7.31. The number of sulfonamides is 1. The standard InChI is InChI=1S/C22H29N3O3S2/c1-17-8-10-20(11-9-17)30(27,28)24-21(13-15-29-2)22(26)25-14-12-19(16-25)23-18-6-4-3-5-7-18/h3-11,19,21,23-24H,12-16H2,1-2H3. The summed E-state index contributed by atoms with van der Waals surface area (Å²) >= 11 is 1.60. The fraction of sp³-hybridized carbons (Fsp3) is 0.409. The smallest absolute Gasteiger partial charge is 0.241 e. The predicted molar refractivity (Wildman–Crippen MR) is 123 cm³/mol. The van der Waals surface area contributed by atoms with Crippen LogP contribution in [0.25, 0.3) is 0 Å². The molecule has 1 saturated heterocycles. The third-order valence-electron chi connectivity index (χ3n) is 5.18. The Morgan fingerprint density at radius 3 is 2.53 bits per heavy atom. The largest absolute Gasteiger partial charge is 0.380 e. The van der Waals surface area contributed by atoms with Crippen LogP contribution in [0.3, 0.4) is 0 Å². The maximum atomic E-state index is 13.2. The molecular formula is C22H29N3O3S2. The van der Waals surface area contributed by atoms with Crippen molar-refractivity contribution in [2.45, 2.75) is 36.7 Å². The van der Waals surface area contributed by atoms with Crippen LogP contribution in [0.1, 0.15) is 18.4 Å². The van der Waals surface area contributed by atoms with Crippen molar-refractivity contribution < 1.29 is 13.2 Å². The average molecular weight is 448 g/mol. The molecule has 1 fully saturated rings. The Morgan fingerprint density at radius 1 is 1.17 bits per heavy atom. The molecule has 2 N–H and O–H groups in total. The summed E-state index contributed by atoms with van der Waals surface area (Å²) in [4.78, 5) is 15.1. The number of amides is 1. The molecule has 6 nitrogen and oxygen atoms in total. The fourth-order valence-corrected chi connectivity index (χ4v) is 5.21. The Hall–Kier alpha value is -2.03. The van der Waals surface area contributed by atoms with Gasteiger partial charge in [-0.3, -0.25) is 4.79 Å². The number of para-hydroxylation sites is 1. The van der Waals surface area contributed by atoms with Gasteiger partial charge in [-0.1, -0.05) is 35.9 Å². The molecule has 1 amide bonds. The zero-order valence-electron chi connectivity index (χ0n) is 17.4. The molecule has 0 saturated carbocycles. The highest BCUT2D eigenvalue weighted by molar-refractivity contribution is 7.98.